The van der Waals surface area contributed by atoms with Crippen LogP contribution in [0.1, 0.15) is 26.7 Å². The predicted octanol–water partition coefficient (Wildman–Crippen LogP) is 4.07. The number of Topliss-reactive ketones (excluding diaryl/α,β-unsaturated/α-hetero) is 2. The summed E-state index contributed by atoms with van der Waals surface area (Å²) >= 11 is 0. The number of ketones is 2. The predicted molar refractivity (Wildman–Crippen MR) is 66.0 cm³/mol. The number of rotatable bonds is 4. The molecule has 8 atom stereocenters. The van der Waals surface area contributed by atoms with E-state index < -0.39 is 6.51 Å². The Kier molecular flexibility index (Phi) is 0.262. The molecule has 10 aliphatic heterocycles. The first-order valence-corrected chi connectivity index (χ1v) is 14.3. The molecule has 0 amide bonds. The van der Waals surface area contributed by atoms with Crippen LogP contribution in [0.3, 0.4) is 0 Å². The molecule has 0 aliphatic carbocycles. The maximum absolute atomic E-state index is 13.1. The molecule has 10 rings (SSSR count). The van der Waals surface area contributed by atoms with Crippen molar-refractivity contribution in [2.45, 2.75) is 73.8 Å². The summed E-state index contributed by atoms with van der Waals surface area (Å²) in [4.78, 5) is 33.9. The van der Waals surface area contributed by atoms with Crippen molar-refractivity contribution in [3.05, 3.63) is 0 Å². The molecule has 1 spiro atoms. The topological polar surface area (TPSA) is 34.1 Å². The molecule has 0 aromatic rings. The zero-order valence-electron chi connectivity index (χ0n) is 11.2. The third-order valence-corrected chi connectivity index (χ3v) is 60.9. The average molecular weight is 298 g/mol. The van der Waals surface area contributed by atoms with Crippen molar-refractivity contribution in [2.24, 2.45) is 0 Å². The molecule has 10 saturated heterocycles. The SMILES string of the molecule is CCC(=O)CC(=O)[C]12[CH]3[CH]4[CH]5[CH]1[Fe]45321678[CH]2[CH]1[CH]6[C]7(C)[CH]28. The Morgan fingerprint density at radius 1 is 1.00 bits per heavy atom. The monoisotopic (exact) mass is 298 g/mol. The molecule has 0 bridgehead atoms. The van der Waals surface area contributed by atoms with E-state index in [1.807, 2.05) is 6.92 Å². The quantitative estimate of drug-likeness (QED) is 0.579. The zero-order chi connectivity index (χ0) is 12.5. The average Bonchev–Trinajstić information content (AvgIpc) is 3.32. The van der Waals surface area contributed by atoms with E-state index in [1.54, 1.807) is 0 Å². The van der Waals surface area contributed by atoms with Crippen LogP contribution < -0.4 is 0 Å². The number of fused-ring (bicyclic) bond motifs is 10. The summed E-state index contributed by atoms with van der Waals surface area (Å²) in [5, 5.41) is 0. The number of carbonyl (C=O) groups excluding carboxylic acids is 2. The van der Waals surface area contributed by atoms with Gasteiger partial charge in [0.1, 0.15) is 0 Å². The molecule has 0 radical (unpaired) electrons. The molecule has 10 fully saturated rings. The van der Waals surface area contributed by atoms with Crippen LogP contribution in [0.2, 0.25) is 47.2 Å². The molecule has 0 aromatic heterocycles. The molecule has 0 saturated carbocycles. The summed E-state index contributed by atoms with van der Waals surface area (Å²) in [6.45, 7) is 1.17. The van der Waals surface area contributed by atoms with Gasteiger partial charge < -0.3 is 0 Å². The summed E-state index contributed by atoms with van der Waals surface area (Å²) < 4.78 is 1.08. The van der Waals surface area contributed by atoms with Crippen molar-refractivity contribution in [2.75, 3.05) is 0 Å². The van der Waals surface area contributed by atoms with Gasteiger partial charge in [-0.25, -0.2) is 0 Å². The van der Waals surface area contributed by atoms with Crippen molar-refractivity contribution in [3.8, 4) is 0 Å². The van der Waals surface area contributed by atoms with Crippen LogP contribution in [0.4, 0.5) is 0 Å². The van der Waals surface area contributed by atoms with Gasteiger partial charge in [0, 0.05) is 0 Å². The van der Waals surface area contributed by atoms with Gasteiger partial charge in [-0.2, -0.15) is 0 Å². The second-order valence-electron chi connectivity index (χ2n) is 11.6. The Balaban J connectivity index is 1.43. The molecule has 0 aromatic carbocycles. The van der Waals surface area contributed by atoms with E-state index in [0.717, 1.165) is 23.6 Å². The molecule has 10 heterocycles. The molecule has 102 valence electrons. The van der Waals surface area contributed by atoms with Crippen LogP contribution in [0.15, 0.2) is 0 Å². The number of hydrogen-bond acceptors (Lipinski definition) is 2. The summed E-state index contributed by atoms with van der Waals surface area (Å²) in [5.41, 5.74) is 0. The fourth-order valence-electron chi connectivity index (χ4n) is 18.9. The fraction of sp³-hybridized carbons (Fsp3) is 0.875. The maximum atomic E-state index is 13.1. The van der Waals surface area contributed by atoms with Crippen molar-refractivity contribution >= 4 is 11.6 Å². The Morgan fingerprint density at radius 2 is 1.53 bits per heavy atom. The van der Waals surface area contributed by atoms with E-state index in [4.69, 9.17) is 0 Å². The summed E-state index contributed by atoms with van der Waals surface area (Å²) in [6.07, 6.45) is 0.885. The van der Waals surface area contributed by atoms with E-state index in [-0.39, 0.29) is 10.1 Å². The number of hydrogen-bond donors (Lipinski definition) is 0. The van der Waals surface area contributed by atoms with Gasteiger partial charge in [0.05, 0.1) is 0 Å². The standard InChI is InChI=1S/C10H11O2.C6H7.Fe/c1-2-9(11)7-10(12)8-5-3-4-6-8;1-6-4-2-3-5-6;/h3-6H,2,7H2,1H3;2-5H,1H3;. The van der Waals surface area contributed by atoms with Gasteiger partial charge in [-0.15, -0.1) is 0 Å². The van der Waals surface area contributed by atoms with E-state index >= 15 is 0 Å². The first kappa shape index (κ1) is 7.75. The van der Waals surface area contributed by atoms with Gasteiger partial charge in [0.2, 0.25) is 0 Å². The summed E-state index contributed by atoms with van der Waals surface area (Å²) in [5.74, 6) is 0.721. The van der Waals surface area contributed by atoms with E-state index in [0.29, 0.717) is 18.6 Å². The minimum atomic E-state index is -3.38. The fourth-order valence-corrected chi connectivity index (χ4v) is 96.1. The zero-order valence-corrected chi connectivity index (χ0v) is 12.3. The third kappa shape index (κ3) is 0.0794. The third-order valence-electron chi connectivity index (χ3n) is 16.7. The first-order valence-electron chi connectivity index (χ1n) is 8.07. The second-order valence-corrected chi connectivity index (χ2v) is 35.1. The van der Waals surface area contributed by atoms with Crippen LogP contribution in [-0.4, -0.2) is 11.6 Å². The molecule has 2 nitrogen and oxygen atoms in total. The van der Waals surface area contributed by atoms with Gasteiger partial charge in [-0.05, 0) is 0 Å². The van der Waals surface area contributed by atoms with Gasteiger partial charge in [-0.1, -0.05) is 0 Å². The van der Waals surface area contributed by atoms with Gasteiger partial charge >= 0.3 is 102 Å². The minimum absolute atomic E-state index is 0.214. The Morgan fingerprint density at radius 3 is 1.79 bits per heavy atom. The van der Waals surface area contributed by atoms with E-state index in [1.165, 1.54) is 19.3 Å². The second kappa shape index (κ2) is 0.643. The number of carbonyl (C=O) groups is 2. The van der Waals surface area contributed by atoms with E-state index in [9.17, 15) is 9.59 Å². The molecular formula is C16H18FeO2. The Hall–Kier alpha value is -0.141. The van der Waals surface area contributed by atoms with Crippen molar-refractivity contribution < 1.29 is 16.1 Å². The van der Waals surface area contributed by atoms with Gasteiger partial charge in [0.25, 0.3) is 0 Å². The summed E-state index contributed by atoms with van der Waals surface area (Å²) in [6, 6.07) is 0. The van der Waals surface area contributed by atoms with Crippen molar-refractivity contribution in [1.82, 2.24) is 0 Å². The Labute approximate surface area is 102 Å². The van der Waals surface area contributed by atoms with Crippen LogP contribution in [0.25, 0.3) is 0 Å². The summed E-state index contributed by atoms with van der Waals surface area (Å²) in [7, 11) is 0. The molecule has 3 heteroatoms. The molecular weight excluding hydrogens is 280 g/mol. The molecule has 19 heavy (non-hydrogen) atoms. The molecule has 0 N–H and O–H groups in total. The molecule has 10 aliphatic rings. The Bertz CT molecular complexity index is 1120. The van der Waals surface area contributed by atoms with Crippen LogP contribution >= 0.6 is 0 Å². The van der Waals surface area contributed by atoms with Gasteiger partial charge in [0.15, 0.2) is 0 Å². The van der Waals surface area contributed by atoms with Crippen LogP contribution in [0, 0.1) is 0 Å². The van der Waals surface area contributed by atoms with Crippen LogP contribution in [-0.2, 0) is 16.1 Å². The molecule has 8 unspecified atom stereocenters. The normalized spacial score (nSPS) is 111. The van der Waals surface area contributed by atoms with Crippen LogP contribution in [0.5, 0.6) is 0 Å². The van der Waals surface area contributed by atoms with Crippen molar-refractivity contribution in [3.63, 3.8) is 0 Å². The van der Waals surface area contributed by atoms with E-state index in [2.05, 4.69) is 6.92 Å². The first-order chi connectivity index (χ1) is 8.81. The van der Waals surface area contributed by atoms with Crippen molar-refractivity contribution in [1.29, 1.82) is 0 Å². The van der Waals surface area contributed by atoms with Gasteiger partial charge in [-0.3, -0.25) is 0 Å².